The van der Waals surface area contributed by atoms with Crippen molar-refractivity contribution in [2.45, 2.75) is 77.7 Å². The largest absolute Gasteiger partial charge is 0.448 e. The summed E-state index contributed by atoms with van der Waals surface area (Å²) in [5, 5.41) is 0. The Labute approximate surface area is 112 Å². The molecule has 0 spiro atoms. The average molecular weight is 255 g/mol. The van der Waals surface area contributed by atoms with Crippen molar-refractivity contribution in [1.29, 1.82) is 0 Å². The maximum atomic E-state index is 11.8. The molecule has 1 amide bonds. The molecule has 1 aliphatic heterocycles. The van der Waals surface area contributed by atoms with Gasteiger partial charge in [-0.25, -0.2) is 4.79 Å². The van der Waals surface area contributed by atoms with E-state index in [1.165, 1.54) is 38.5 Å². The number of cyclic esters (lactones) is 1. The van der Waals surface area contributed by atoms with E-state index in [-0.39, 0.29) is 11.6 Å². The van der Waals surface area contributed by atoms with Crippen LogP contribution in [0.4, 0.5) is 4.79 Å². The lowest BCUT2D eigenvalue weighted by atomic mass is 9.87. The minimum atomic E-state index is -0.107. The van der Waals surface area contributed by atoms with E-state index in [9.17, 15) is 4.79 Å². The van der Waals surface area contributed by atoms with E-state index in [1.54, 1.807) is 0 Å². The monoisotopic (exact) mass is 255 g/mol. The van der Waals surface area contributed by atoms with Gasteiger partial charge in [-0.1, -0.05) is 52.4 Å². The SMILES string of the molecule is CCCCCCC(C)(CCCC)N1CCOC1=O. The van der Waals surface area contributed by atoms with Crippen LogP contribution in [0.2, 0.25) is 0 Å². The summed E-state index contributed by atoms with van der Waals surface area (Å²) in [6, 6.07) is 0. The van der Waals surface area contributed by atoms with Gasteiger partial charge in [-0.3, -0.25) is 4.90 Å². The number of carbonyl (C=O) groups excluding carboxylic acids is 1. The van der Waals surface area contributed by atoms with Crippen molar-refractivity contribution >= 4 is 6.09 Å². The van der Waals surface area contributed by atoms with Crippen LogP contribution in [0.1, 0.15) is 72.1 Å². The predicted octanol–water partition coefficient (Wildman–Crippen LogP) is 4.36. The number of rotatable bonds is 9. The fourth-order valence-electron chi connectivity index (χ4n) is 2.77. The van der Waals surface area contributed by atoms with Crippen molar-refractivity contribution in [1.82, 2.24) is 4.90 Å². The van der Waals surface area contributed by atoms with Crippen LogP contribution >= 0.6 is 0 Å². The van der Waals surface area contributed by atoms with Crippen LogP contribution in [-0.2, 0) is 4.74 Å². The average Bonchev–Trinajstić information content (AvgIpc) is 2.79. The second-order valence-electron chi connectivity index (χ2n) is 5.68. The van der Waals surface area contributed by atoms with Gasteiger partial charge in [0.25, 0.3) is 0 Å². The first kappa shape index (κ1) is 15.3. The van der Waals surface area contributed by atoms with E-state index in [2.05, 4.69) is 20.8 Å². The van der Waals surface area contributed by atoms with Gasteiger partial charge in [0.15, 0.2) is 0 Å². The van der Waals surface area contributed by atoms with Crippen molar-refractivity contribution in [3.8, 4) is 0 Å². The van der Waals surface area contributed by atoms with Gasteiger partial charge in [0.1, 0.15) is 6.61 Å². The van der Waals surface area contributed by atoms with Crippen molar-refractivity contribution in [3.63, 3.8) is 0 Å². The van der Waals surface area contributed by atoms with Gasteiger partial charge in [-0.15, -0.1) is 0 Å². The third kappa shape index (κ3) is 4.18. The van der Waals surface area contributed by atoms with E-state index in [0.29, 0.717) is 6.61 Å². The third-order valence-electron chi connectivity index (χ3n) is 4.05. The Bertz CT molecular complexity index is 255. The van der Waals surface area contributed by atoms with Crippen molar-refractivity contribution in [3.05, 3.63) is 0 Å². The number of unbranched alkanes of at least 4 members (excludes halogenated alkanes) is 4. The summed E-state index contributed by atoms with van der Waals surface area (Å²) in [7, 11) is 0. The molecule has 3 heteroatoms. The zero-order valence-corrected chi connectivity index (χ0v) is 12.3. The fourth-order valence-corrected chi connectivity index (χ4v) is 2.77. The van der Waals surface area contributed by atoms with Gasteiger partial charge in [0.05, 0.1) is 6.54 Å². The molecule has 3 nitrogen and oxygen atoms in total. The molecular formula is C15H29NO2. The van der Waals surface area contributed by atoms with Crippen molar-refractivity contribution in [2.24, 2.45) is 0 Å². The summed E-state index contributed by atoms with van der Waals surface area (Å²) in [5.41, 5.74) is 0.0112. The third-order valence-corrected chi connectivity index (χ3v) is 4.05. The molecule has 0 N–H and O–H groups in total. The van der Waals surface area contributed by atoms with Crippen LogP contribution < -0.4 is 0 Å². The molecule has 0 aromatic rings. The Morgan fingerprint density at radius 2 is 1.78 bits per heavy atom. The lowest BCUT2D eigenvalue weighted by Gasteiger charge is -2.37. The van der Waals surface area contributed by atoms with E-state index < -0.39 is 0 Å². The normalized spacial score (nSPS) is 18.8. The highest BCUT2D eigenvalue weighted by atomic mass is 16.6. The Hall–Kier alpha value is -0.730. The highest BCUT2D eigenvalue weighted by Gasteiger charge is 2.38. The summed E-state index contributed by atoms with van der Waals surface area (Å²) in [6.45, 7) is 8.01. The van der Waals surface area contributed by atoms with E-state index in [4.69, 9.17) is 4.74 Å². The number of nitrogens with zero attached hydrogens (tertiary/aromatic N) is 1. The standard InChI is InChI=1S/C15H29NO2/c1-4-6-8-9-11-15(3,10-7-5-2)16-12-13-18-14(16)17/h4-13H2,1-3H3. The van der Waals surface area contributed by atoms with Gasteiger partial charge >= 0.3 is 6.09 Å². The van der Waals surface area contributed by atoms with Crippen LogP contribution in [-0.4, -0.2) is 29.7 Å². The lowest BCUT2D eigenvalue weighted by Crippen LogP contribution is -2.47. The Morgan fingerprint density at radius 3 is 2.33 bits per heavy atom. The maximum absolute atomic E-state index is 11.8. The topological polar surface area (TPSA) is 29.5 Å². The molecule has 1 atom stereocenters. The van der Waals surface area contributed by atoms with E-state index in [0.717, 1.165) is 19.4 Å². The first-order chi connectivity index (χ1) is 8.64. The first-order valence-electron chi connectivity index (χ1n) is 7.58. The molecule has 0 bridgehead atoms. The zero-order chi connectivity index (χ0) is 13.4. The number of amides is 1. The molecule has 1 unspecified atom stereocenters. The summed E-state index contributed by atoms with van der Waals surface area (Å²) in [4.78, 5) is 13.7. The molecule has 0 saturated carbocycles. The quantitative estimate of drug-likeness (QED) is 0.573. The molecular weight excluding hydrogens is 226 g/mol. The second-order valence-corrected chi connectivity index (χ2v) is 5.68. The molecule has 0 radical (unpaired) electrons. The van der Waals surface area contributed by atoms with Crippen LogP contribution in [0.15, 0.2) is 0 Å². The minimum absolute atomic E-state index is 0.0112. The molecule has 1 aliphatic rings. The minimum Gasteiger partial charge on any atom is -0.448 e. The highest BCUT2D eigenvalue weighted by Crippen LogP contribution is 2.31. The molecule has 106 valence electrons. The summed E-state index contributed by atoms with van der Waals surface area (Å²) >= 11 is 0. The predicted molar refractivity (Wildman–Crippen MR) is 74.7 cm³/mol. The van der Waals surface area contributed by atoms with E-state index >= 15 is 0 Å². The van der Waals surface area contributed by atoms with Crippen molar-refractivity contribution < 1.29 is 9.53 Å². The van der Waals surface area contributed by atoms with Crippen LogP contribution in [0, 0.1) is 0 Å². The zero-order valence-electron chi connectivity index (χ0n) is 12.3. The van der Waals surface area contributed by atoms with E-state index in [1.807, 2.05) is 4.90 Å². The molecule has 1 fully saturated rings. The van der Waals surface area contributed by atoms with Crippen LogP contribution in [0.5, 0.6) is 0 Å². The number of hydrogen-bond acceptors (Lipinski definition) is 2. The number of carbonyl (C=O) groups is 1. The molecule has 0 aromatic carbocycles. The highest BCUT2D eigenvalue weighted by molar-refractivity contribution is 5.70. The summed E-state index contributed by atoms with van der Waals surface area (Å²) in [6.07, 6.45) is 9.54. The second kappa shape index (κ2) is 7.65. The van der Waals surface area contributed by atoms with Gasteiger partial charge < -0.3 is 4.74 Å². The fraction of sp³-hybridized carbons (Fsp3) is 0.933. The molecule has 1 heterocycles. The van der Waals surface area contributed by atoms with Crippen molar-refractivity contribution in [2.75, 3.05) is 13.2 Å². The van der Waals surface area contributed by atoms with Gasteiger partial charge in [0, 0.05) is 5.54 Å². The summed E-state index contributed by atoms with van der Waals surface area (Å²) < 4.78 is 5.11. The number of ether oxygens (including phenoxy) is 1. The Morgan fingerprint density at radius 1 is 1.11 bits per heavy atom. The maximum Gasteiger partial charge on any atom is 0.410 e. The van der Waals surface area contributed by atoms with Crippen LogP contribution in [0.25, 0.3) is 0 Å². The molecule has 1 saturated heterocycles. The Kier molecular flexibility index (Phi) is 6.51. The smallest absolute Gasteiger partial charge is 0.410 e. The molecule has 0 aliphatic carbocycles. The van der Waals surface area contributed by atoms with Gasteiger partial charge in [0.2, 0.25) is 0 Å². The molecule has 1 rings (SSSR count). The Balaban J connectivity index is 2.53. The van der Waals surface area contributed by atoms with Gasteiger partial charge in [-0.2, -0.15) is 0 Å². The number of hydrogen-bond donors (Lipinski definition) is 0. The summed E-state index contributed by atoms with van der Waals surface area (Å²) in [5.74, 6) is 0. The molecule has 18 heavy (non-hydrogen) atoms. The molecule has 0 aromatic heterocycles. The van der Waals surface area contributed by atoms with Gasteiger partial charge in [-0.05, 0) is 19.8 Å². The lowest BCUT2D eigenvalue weighted by molar-refractivity contribution is 0.105. The van der Waals surface area contributed by atoms with Crippen LogP contribution in [0.3, 0.4) is 0 Å². The first-order valence-corrected chi connectivity index (χ1v) is 7.58.